The molecule has 0 saturated heterocycles. The summed E-state index contributed by atoms with van der Waals surface area (Å²) in [5, 5.41) is 8.41. The fourth-order valence-corrected chi connectivity index (χ4v) is 2.89. The van der Waals surface area contributed by atoms with Crippen LogP contribution in [-0.4, -0.2) is 19.6 Å². The van der Waals surface area contributed by atoms with E-state index < -0.39 is 0 Å². The van der Waals surface area contributed by atoms with Crippen LogP contribution in [0.4, 0.5) is 0 Å². The molecule has 5 heteroatoms. The summed E-state index contributed by atoms with van der Waals surface area (Å²) < 4.78 is 1.96. The highest BCUT2D eigenvalue weighted by atomic mass is 15.3. The molecule has 0 spiro atoms. The molecule has 0 bridgehead atoms. The Morgan fingerprint density at radius 3 is 3.18 bits per heavy atom. The second-order valence-corrected chi connectivity index (χ2v) is 5.19. The third-order valence-electron chi connectivity index (χ3n) is 3.69. The lowest BCUT2D eigenvalue weighted by molar-refractivity contribution is 0.226. The normalized spacial score (nSPS) is 29.6. The minimum atomic E-state index is -0.335. The number of aromatic nitrogens is 4. The Labute approximate surface area is 100 Å². The van der Waals surface area contributed by atoms with Gasteiger partial charge in [-0.05, 0) is 18.8 Å². The van der Waals surface area contributed by atoms with E-state index in [2.05, 4.69) is 22.1 Å². The van der Waals surface area contributed by atoms with Crippen molar-refractivity contribution in [2.75, 3.05) is 0 Å². The summed E-state index contributed by atoms with van der Waals surface area (Å²) in [5.41, 5.74) is 6.97. The molecule has 2 aromatic rings. The first-order valence-corrected chi connectivity index (χ1v) is 6.13. The van der Waals surface area contributed by atoms with E-state index in [-0.39, 0.29) is 5.54 Å². The number of hydrogen-bond acceptors (Lipinski definition) is 4. The number of nitrogens with two attached hydrogens (primary N) is 1. The average molecular weight is 231 g/mol. The summed E-state index contributed by atoms with van der Waals surface area (Å²) >= 11 is 0. The number of rotatable bonds is 1. The Morgan fingerprint density at radius 2 is 2.35 bits per heavy atom. The predicted molar refractivity (Wildman–Crippen MR) is 64.3 cm³/mol. The Hall–Kier alpha value is -1.49. The van der Waals surface area contributed by atoms with Gasteiger partial charge in [0.15, 0.2) is 11.5 Å². The second kappa shape index (κ2) is 3.77. The molecule has 2 N–H and O–H groups in total. The monoisotopic (exact) mass is 231 g/mol. The van der Waals surface area contributed by atoms with Gasteiger partial charge in [-0.3, -0.25) is 9.38 Å². The van der Waals surface area contributed by atoms with Crippen molar-refractivity contribution in [3.8, 4) is 0 Å². The smallest absolute Gasteiger partial charge is 0.179 e. The maximum absolute atomic E-state index is 6.54. The first kappa shape index (κ1) is 10.7. The summed E-state index contributed by atoms with van der Waals surface area (Å²) in [6.45, 7) is 2.26. The number of fused-ring (bicyclic) bond motifs is 1. The molecule has 0 aliphatic heterocycles. The molecule has 2 atom stereocenters. The lowest BCUT2D eigenvalue weighted by Gasteiger charge is -2.35. The van der Waals surface area contributed by atoms with Crippen molar-refractivity contribution in [2.45, 2.75) is 38.1 Å². The Morgan fingerprint density at radius 1 is 1.47 bits per heavy atom. The summed E-state index contributed by atoms with van der Waals surface area (Å²) in [4.78, 5) is 4.04. The molecular formula is C12H17N5. The Kier molecular flexibility index (Phi) is 2.36. The fraction of sp³-hybridized carbons (Fsp3) is 0.583. The van der Waals surface area contributed by atoms with E-state index in [1.807, 2.05) is 10.6 Å². The molecule has 0 radical (unpaired) electrons. The Balaban J connectivity index is 2.08. The number of hydrogen-bond donors (Lipinski definition) is 1. The zero-order valence-corrected chi connectivity index (χ0v) is 10.0. The van der Waals surface area contributed by atoms with E-state index in [1.54, 1.807) is 12.4 Å². The van der Waals surface area contributed by atoms with E-state index >= 15 is 0 Å². The molecule has 3 rings (SSSR count). The van der Waals surface area contributed by atoms with E-state index in [0.29, 0.717) is 5.92 Å². The first-order valence-electron chi connectivity index (χ1n) is 6.13. The summed E-state index contributed by atoms with van der Waals surface area (Å²) in [6.07, 6.45) is 9.74. The van der Waals surface area contributed by atoms with Gasteiger partial charge < -0.3 is 5.73 Å². The lowest BCUT2D eigenvalue weighted by atomic mass is 9.76. The van der Waals surface area contributed by atoms with Gasteiger partial charge in [0.1, 0.15) is 0 Å². The summed E-state index contributed by atoms with van der Waals surface area (Å²) in [6, 6.07) is 0. The Bertz CT molecular complexity index is 534. The van der Waals surface area contributed by atoms with E-state index in [4.69, 9.17) is 5.73 Å². The van der Waals surface area contributed by atoms with Gasteiger partial charge in [0.05, 0.1) is 11.7 Å². The largest absolute Gasteiger partial charge is 0.319 e. The zero-order chi connectivity index (χ0) is 11.9. The molecule has 1 fully saturated rings. The average Bonchev–Trinajstić information content (AvgIpc) is 2.72. The molecule has 2 heterocycles. The van der Waals surface area contributed by atoms with Gasteiger partial charge in [0, 0.05) is 12.4 Å². The molecular weight excluding hydrogens is 214 g/mol. The minimum Gasteiger partial charge on any atom is -0.319 e. The van der Waals surface area contributed by atoms with Crippen molar-refractivity contribution < 1.29 is 0 Å². The molecule has 5 nitrogen and oxygen atoms in total. The van der Waals surface area contributed by atoms with Crippen LogP contribution < -0.4 is 5.73 Å². The van der Waals surface area contributed by atoms with E-state index in [1.165, 1.54) is 6.42 Å². The van der Waals surface area contributed by atoms with Crippen LogP contribution in [0.1, 0.15) is 38.4 Å². The van der Waals surface area contributed by atoms with Gasteiger partial charge in [-0.25, -0.2) is 0 Å². The van der Waals surface area contributed by atoms with Crippen LogP contribution in [-0.2, 0) is 5.54 Å². The van der Waals surface area contributed by atoms with Crippen LogP contribution in [0.15, 0.2) is 18.6 Å². The van der Waals surface area contributed by atoms with Gasteiger partial charge in [-0.2, -0.15) is 0 Å². The van der Waals surface area contributed by atoms with Crippen molar-refractivity contribution in [3.05, 3.63) is 24.4 Å². The topological polar surface area (TPSA) is 69.1 Å². The highest BCUT2D eigenvalue weighted by molar-refractivity contribution is 5.35. The molecule has 1 saturated carbocycles. The highest BCUT2D eigenvalue weighted by Crippen LogP contribution is 2.36. The molecule has 1 aliphatic carbocycles. The standard InChI is InChI=1S/C12H17N5/c1-9-3-2-4-12(13,7-9)11-16-15-10-8-14-5-6-17(10)11/h5-6,8-9H,2-4,7,13H2,1H3. The van der Waals surface area contributed by atoms with Crippen LogP contribution in [0.25, 0.3) is 5.65 Å². The number of nitrogens with zero attached hydrogens (tertiary/aromatic N) is 4. The van der Waals surface area contributed by atoms with Crippen molar-refractivity contribution in [2.24, 2.45) is 11.7 Å². The van der Waals surface area contributed by atoms with Gasteiger partial charge >= 0.3 is 0 Å². The lowest BCUT2D eigenvalue weighted by Crippen LogP contribution is -2.42. The first-order chi connectivity index (χ1) is 8.19. The van der Waals surface area contributed by atoms with Gasteiger partial charge in [0.2, 0.25) is 0 Å². The van der Waals surface area contributed by atoms with Crippen molar-refractivity contribution >= 4 is 5.65 Å². The SMILES string of the molecule is CC1CCCC(N)(c2nnc3cnccn23)C1. The minimum absolute atomic E-state index is 0.335. The molecule has 0 amide bonds. The van der Waals surface area contributed by atoms with Gasteiger partial charge in [0.25, 0.3) is 0 Å². The molecule has 1 aliphatic rings. The van der Waals surface area contributed by atoms with Crippen LogP contribution in [0.3, 0.4) is 0 Å². The third-order valence-corrected chi connectivity index (χ3v) is 3.69. The molecule has 90 valence electrons. The zero-order valence-electron chi connectivity index (χ0n) is 10.0. The third kappa shape index (κ3) is 1.70. The van der Waals surface area contributed by atoms with Crippen molar-refractivity contribution in [1.82, 2.24) is 19.6 Å². The summed E-state index contributed by atoms with van der Waals surface area (Å²) in [7, 11) is 0. The molecule has 17 heavy (non-hydrogen) atoms. The van der Waals surface area contributed by atoms with Gasteiger partial charge in [-0.15, -0.1) is 10.2 Å². The van der Waals surface area contributed by atoms with Crippen molar-refractivity contribution in [1.29, 1.82) is 0 Å². The quantitative estimate of drug-likeness (QED) is 0.807. The molecule has 2 unspecified atom stereocenters. The van der Waals surface area contributed by atoms with E-state index in [9.17, 15) is 0 Å². The predicted octanol–water partition coefficient (Wildman–Crippen LogP) is 1.49. The summed E-state index contributed by atoms with van der Waals surface area (Å²) in [5.74, 6) is 1.53. The van der Waals surface area contributed by atoms with Gasteiger partial charge in [-0.1, -0.05) is 19.8 Å². The molecule has 2 aromatic heterocycles. The second-order valence-electron chi connectivity index (χ2n) is 5.19. The van der Waals surface area contributed by atoms with Crippen LogP contribution in [0.2, 0.25) is 0 Å². The highest BCUT2D eigenvalue weighted by Gasteiger charge is 2.36. The fourth-order valence-electron chi connectivity index (χ4n) is 2.89. The van der Waals surface area contributed by atoms with Crippen molar-refractivity contribution in [3.63, 3.8) is 0 Å². The maximum Gasteiger partial charge on any atom is 0.179 e. The maximum atomic E-state index is 6.54. The van der Waals surface area contributed by atoms with Crippen LogP contribution >= 0.6 is 0 Å². The molecule has 0 aromatic carbocycles. The van der Waals surface area contributed by atoms with Crippen LogP contribution in [0, 0.1) is 5.92 Å². The van der Waals surface area contributed by atoms with Crippen LogP contribution in [0.5, 0.6) is 0 Å². The van der Waals surface area contributed by atoms with E-state index in [0.717, 1.165) is 30.7 Å².